The number of rotatable bonds is 6. The lowest BCUT2D eigenvalue weighted by atomic mass is 9.76. The molecule has 152 valence electrons. The van der Waals surface area contributed by atoms with Gasteiger partial charge in [-0.15, -0.1) is 0 Å². The van der Waals surface area contributed by atoms with Crippen molar-refractivity contribution in [3.05, 3.63) is 59.7 Å². The Labute approximate surface area is 171 Å². The van der Waals surface area contributed by atoms with Gasteiger partial charge in [0.2, 0.25) is 5.72 Å². The van der Waals surface area contributed by atoms with Gasteiger partial charge in [-0.2, -0.15) is 0 Å². The average Bonchev–Trinajstić information content (AvgIpc) is 2.89. The van der Waals surface area contributed by atoms with E-state index in [-0.39, 0.29) is 11.8 Å². The molecule has 0 saturated heterocycles. The van der Waals surface area contributed by atoms with E-state index in [1.54, 1.807) is 7.11 Å². The largest absolute Gasteiger partial charge is 0.497 e. The Morgan fingerprint density at radius 3 is 2.72 bits per heavy atom. The van der Waals surface area contributed by atoms with Crippen molar-refractivity contribution < 1.29 is 19.4 Å². The molecule has 2 aromatic rings. The van der Waals surface area contributed by atoms with Crippen molar-refractivity contribution in [2.24, 2.45) is 0 Å². The predicted octanol–water partition coefficient (Wildman–Crippen LogP) is 4.85. The van der Waals surface area contributed by atoms with Crippen LogP contribution in [0.3, 0.4) is 0 Å². The summed E-state index contributed by atoms with van der Waals surface area (Å²) < 4.78 is 12.1. The van der Waals surface area contributed by atoms with E-state index in [1.165, 1.54) is 5.56 Å². The van der Waals surface area contributed by atoms with Crippen LogP contribution in [0.25, 0.3) is 6.08 Å². The van der Waals surface area contributed by atoms with Crippen LogP contribution in [0.2, 0.25) is 0 Å². The number of carboxylic acid groups (broad SMARTS) is 1. The molecule has 2 aliphatic heterocycles. The highest BCUT2D eigenvalue weighted by atomic mass is 16.5. The molecule has 0 radical (unpaired) electrons. The van der Waals surface area contributed by atoms with E-state index in [9.17, 15) is 4.79 Å². The first-order valence-corrected chi connectivity index (χ1v) is 10.0. The SMILES string of the molecule is COc1ccc2c(c1)C=CC1(O2)N(CCCCC(=O)O)c2ccccc2C1(C)C. The molecule has 1 unspecified atom stereocenters. The lowest BCUT2D eigenvalue weighted by molar-refractivity contribution is -0.137. The number of aliphatic carboxylic acids is 1. The summed E-state index contributed by atoms with van der Waals surface area (Å²) in [4.78, 5) is 13.2. The number of para-hydroxylation sites is 1. The fourth-order valence-electron chi connectivity index (χ4n) is 4.54. The van der Waals surface area contributed by atoms with Crippen LogP contribution in [0.4, 0.5) is 5.69 Å². The van der Waals surface area contributed by atoms with Crippen LogP contribution in [-0.4, -0.2) is 30.5 Å². The molecule has 2 heterocycles. The van der Waals surface area contributed by atoms with Crippen LogP contribution in [0.15, 0.2) is 48.5 Å². The number of carboxylic acids is 1. The van der Waals surface area contributed by atoms with E-state index < -0.39 is 11.7 Å². The summed E-state index contributed by atoms with van der Waals surface area (Å²) in [5.41, 5.74) is 2.42. The van der Waals surface area contributed by atoms with Crippen LogP contribution in [-0.2, 0) is 10.2 Å². The number of nitrogens with zero attached hydrogens (tertiary/aromatic N) is 1. The van der Waals surface area contributed by atoms with Gasteiger partial charge in [0.15, 0.2) is 0 Å². The average molecular weight is 393 g/mol. The second-order valence-electron chi connectivity index (χ2n) is 8.18. The summed E-state index contributed by atoms with van der Waals surface area (Å²) in [6, 6.07) is 14.3. The first-order chi connectivity index (χ1) is 13.9. The molecule has 0 bridgehead atoms. The minimum absolute atomic E-state index is 0.186. The Bertz CT molecular complexity index is 965. The number of ether oxygens (including phenoxy) is 2. The normalized spacial score (nSPS) is 20.9. The number of carbonyl (C=O) groups is 1. The van der Waals surface area contributed by atoms with E-state index in [4.69, 9.17) is 14.6 Å². The lowest BCUT2D eigenvalue weighted by Gasteiger charge is -2.47. The minimum Gasteiger partial charge on any atom is -0.497 e. The molecule has 0 aromatic heterocycles. The van der Waals surface area contributed by atoms with E-state index in [2.05, 4.69) is 49.1 Å². The van der Waals surface area contributed by atoms with Crippen molar-refractivity contribution in [2.75, 3.05) is 18.6 Å². The van der Waals surface area contributed by atoms with Gasteiger partial charge in [0.1, 0.15) is 11.5 Å². The Morgan fingerprint density at radius 2 is 1.97 bits per heavy atom. The van der Waals surface area contributed by atoms with Gasteiger partial charge >= 0.3 is 5.97 Å². The van der Waals surface area contributed by atoms with E-state index in [0.29, 0.717) is 6.42 Å². The number of benzene rings is 2. The maximum Gasteiger partial charge on any atom is 0.303 e. The van der Waals surface area contributed by atoms with Crippen molar-refractivity contribution in [3.63, 3.8) is 0 Å². The van der Waals surface area contributed by atoms with Gasteiger partial charge in [0.25, 0.3) is 0 Å². The summed E-state index contributed by atoms with van der Waals surface area (Å²) in [5, 5.41) is 8.98. The third-order valence-electron chi connectivity index (χ3n) is 6.16. The van der Waals surface area contributed by atoms with Crippen molar-refractivity contribution in [2.45, 2.75) is 44.2 Å². The van der Waals surface area contributed by atoms with Gasteiger partial charge in [0, 0.05) is 24.2 Å². The zero-order valence-corrected chi connectivity index (χ0v) is 17.1. The van der Waals surface area contributed by atoms with Crippen LogP contribution >= 0.6 is 0 Å². The first kappa shape index (κ1) is 19.4. The second-order valence-corrected chi connectivity index (χ2v) is 8.18. The van der Waals surface area contributed by atoms with Gasteiger partial charge in [-0.05, 0) is 68.7 Å². The van der Waals surface area contributed by atoms with Crippen molar-refractivity contribution in [1.29, 1.82) is 0 Å². The summed E-state index contributed by atoms with van der Waals surface area (Å²) in [6.07, 6.45) is 5.86. The van der Waals surface area contributed by atoms with Gasteiger partial charge < -0.3 is 19.5 Å². The smallest absolute Gasteiger partial charge is 0.303 e. The van der Waals surface area contributed by atoms with Crippen LogP contribution in [0.5, 0.6) is 11.5 Å². The molecule has 29 heavy (non-hydrogen) atoms. The van der Waals surface area contributed by atoms with Gasteiger partial charge in [0.05, 0.1) is 12.5 Å². The molecular weight excluding hydrogens is 366 g/mol. The number of anilines is 1. The molecule has 0 saturated carbocycles. The van der Waals surface area contributed by atoms with Gasteiger partial charge in [-0.3, -0.25) is 4.79 Å². The van der Waals surface area contributed by atoms with Crippen LogP contribution in [0, 0.1) is 0 Å². The van der Waals surface area contributed by atoms with E-state index >= 15 is 0 Å². The molecule has 4 rings (SSSR count). The van der Waals surface area contributed by atoms with Crippen molar-refractivity contribution in [1.82, 2.24) is 0 Å². The highest BCUT2D eigenvalue weighted by Crippen LogP contribution is 2.55. The molecule has 1 atom stereocenters. The molecule has 2 aliphatic rings. The zero-order valence-electron chi connectivity index (χ0n) is 17.1. The molecule has 2 aromatic carbocycles. The van der Waals surface area contributed by atoms with Gasteiger partial charge in [-0.25, -0.2) is 0 Å². The molecule has 0 aliphatic carbocycles. The topological polar surface area (TPSA) is 59.0 Å². The molecule has 0 amide bonds. The monoisotopic (exact) mass is 393 g/mol. The zero-order chi connectivity index (χ0) is 20.6. The number of fused-ring (bicyclic) bond motifs is 2. The summed E-state index contributed by atoms with van der Waals surface area (Å²) in [7, 11) is 1.66. The predicted molar refractivity (Wildman–Crippen MR) is 114 cm³/mol. The van der Waals surface area contributed by atoms with Crippen LogP contribution < -0.4 is 14.4 Å². The number of hydrogen-bond donors (Lipinski definition) is 1. The Hall–Kier alpha value is -2.95. The maximum absolute atomic E-state index is 10.9. The minimum atomic E-state index is -0.751. The van der Waals surface area contributed by atoms with E-state index in [1.807, 2.05) is 24.3 Å². The Balaban J connectivity index is 1.73. The fourth-order valence-corrected chi connectivity index (χ4v) is 4.54. The Morgan fingerprint density at radius 1 is 1.17 bits per heavy atom. The molecule has 1 N–H and O–H groups in total. The second kappa shape index (κ2) is 7.14. The quantitative estimate of drug-likeness (QED) is 0.711. The molecule has 5 nitrogen and oxygen atoms in total. The first-order valence-electron chi connectivity index (χ1n) is 10.0. The third kappa shape index (κ3) is 3.05. The van der Waals surface area contributed by atoms with Gasteiger partial charge in [-0.1, -0.05) is 18.2 Å². The molecule has 1 spiro atoms. The van der Waals surface area contributed by atoms with E-state index in [0.717, 1.165) is 35.7 Å². The highest BCUT2D eigenvalue weighted by molar-refractivity contribution is 5.73. The Kier molecular flexibility index (Phi) is 4.77. The molecular formula is C24H27NO4. The maximum atomic E-state index is 10.9. The standard InChI is InChI=1S/C24H27NO4/c1-23(2)19-8-4-5-9-20(19)25(15-7-6-10-22(26)27)24(23)14-13-17-16-18(28-3)11-12-21(17)29-24/h4-5,8-9,11-14,16H,6-7,10,15H2,1-3H3,(H,26,27). The fraction of sp³-hybridized carbons (Fsp3) is 0.375. The number of hydrogen-bond acceptors (Lipinski definition) is 4. The van der Waals surface area contributed by atoms with Crippen molar-refractivity contribution in [3.8, 4) is 11.5 Å². The van der Waals surface area contributed by atoms with Crippen molar-refractivity contribution >= 4 is 17.7 Å². The summed E-state index contributed by atoms with van der Waals surface area (Å²) >= 11 is 0. The lowest BCUT2D eigenvalue weighted by Crippen LogP contribution is -2.59. The number of methoxy groups -OCH3 is 1. The number of unbranched alkanes of at least 4 members (excludes halogenated alkanes) is 1. The highest BCUT2D eigenvalue weighted by Gasteiger charge is 2.58. The van der Waals surface area contributed by atoms with Crippen LogP contribution in [0.1, 0.15) is 44.2 Å². The summed E-state index contributed by atoms with van der Waals surface area (Å²) in [5.74, 6) is 0.871. The third-order valence-corrected chi connectivity index (χ3v) is 6.16. The molecule has 5 heteroatoms. The summed E-state index contributed by atoms with van der Waals surface area (Å²) in [6.45, 7) is 5.15. The molecule has 0 fully saturated rings.